The van der Waals surface area contributed by atoms with Crippen LogP contribution in [0.1, 0.15) is 17.7 Å². The number of benzene rings is 6. The van der Waals surface area contributed by atoms with Gasteiger partial charge in [-0.2, -0.15) is 0 Å². The van der Waals surface area contributed by atoms with E-state index in [1.165, 1.54) is 60.9 Å². The SMILES string of the molecule is Clc1ccccc1Nc1cnc2c3ccccc3c3cc(-c4ccc5c(c4)c4c(n5-c5cccc(-c6ccccc6)c5)CCC=C4)ccc3n12. The number of nitrogens with one attached hydrogen (secondary N) is 1. The fourth-order valence-corrected chi connectivity index (χ4v) is 7.95. The minimum atomic E-state index is 0.667. The summed E-state index contributed by atoms with van der Waals surface area (Å²) in [6.45, 7) is 0. The quantitative estimate of drug-likeness (QED) is 0.186. The lowest BCUT2D eigenvalue weighted by Crippen LogP contribution is -2.03. The first-order valence-corrected chi connectivity index (χ1v) is 17.4. The molecule has 5 heteroatoms. The fraction of sp³-hybridized carbons (Fsp3) is 0.0444. The van der Waals surface area contributed by atoms with E-state index in [1.54, 1.807) is 0 Å². The standard InChI is InChI=1S/C45H31ClN4/c46-39-18-7-8-19-40(39)48-44-28-47-45-36-17-5-4-15-34(36)37-26-31(22-24-43(37)50(44)45)32-21-23-42-38(27-32)35-16-6-9-20-41(35)49(42)33-14-10-13-30(25-33)29-11-2-1-3-12-29/h1-8,10-19,21-28,48H,9,20H2. The molecule has 0 bridgehead atoms. The number of allylic oxidation sites excluding steroid dienone is 1. The number of anilines is 2. The first-order chi connectivity index (χ1) is 24.7. The fourth-order valence-electron chi connectivity index (χ4n) is 7.77. The first-order valence-electron chi connectivity index (χ1n) is 17.0. The van der Waals surface area contributed by atoms with Gasteiger partial charge >= 0.3 is 0 Å². The van der Waals surface area contributed by atoms with Gasteiger partial charge in [-0.05, 0) is 89.0 Å². The summed E-state index contributed by atoms with van der Waals surface area (Å²) in [6, 6.07) is 49.7. The third-order valence-electron chi connectivity index (χ3n) is 10.1. The lowest BCUT2D eigenvalue weighted by atomic mass is 9.97. The Labute approximate surface area is 294 Å². The monoisotopic (exact) mass is 662 g/mol. The van der Waals surface area contributed by atoms with Crippen LogP contribution >= 0.6 is 11.6 Å². The molecule has 0 atom stereocenters. The maximum Gasteiger partial charge on any atom is 0.146 e. The van der Waals surface area contributed by atoms with Gasteiger partial charge in [-0.3, -0.25) is 4.40 Å². The van der Waals surface area contributed by atoms with Crippen molar-refractivity contribution in [2.45, 2.75) is 12.8 Å². The number of rotatable bonds is 5. The van der Waals surface area contributed by atoms with Crippen LogP contribution in [0.25, 0.3) is 72.2 Å². The van der Waals surface area contributed by atoms with Gasteiger partial charge in [-0.15, -0.1) is 0 Å². The highest BCUT2D eigenvalue weighted by Gasteiger charge is 2.20. The molecule has 10 rings (SSSR count). The number of hydrogen-bond donors (Lipinski definition) is 1. The molecule has 0 saturated heterocycles. The highest BCUT2D eigenvalue weighted by molar-refractivity contribution is 6.33. The number of nitrogens with zero attached hydrogens (tertiary/aromatic N) is 3. The van der Waals surface area contributed by atoms with Gasteiger partial charge in [0, 0.05) is 33.1 Å². The Balaban J connectivity index is 1.14. The lowest BCUT2D eigenvalue weighted by molar-refractivity contribution is 0.889. The Kier molecular flexibility index (Phi) is 6.64. The minimum absolute atomic E-state index is 0.667. The Morgan fingerprint density at radius 2 is 1.32 bits per heavy atom. The van der Waals surface area contributed by atoms with Crippen LogP contribution < -0.4 is 5.32 Å². The average Bonchev–Trinajstić information content (AvgIpc) is 3.75. The second-order valence-electron chi connectivity index (χ2n) is 13.0. The molecule has 50 heavy (non-hydrogen) atoms. The molecule has 0 fully saturated rings. The maximum absolute atomic E-state index is 6.55. The predicted molar refractivity (Wildman–Crippen MR) is 210 cm³/mol. The highest BCUT2D eigenvalue weighted by atomic mass is 35.5. The van der Waals surface area contributed by atoms with Crippen LogP contribution in [-0.4, -0.2) is 14.0 Å². The summed E-state index contributed by atoms with van der Waals surface area (Å²) >= 11 is 6.55. The highest BCUT2D eigenvalue weighted by Crippen LogP contribution is 2.39. The Hall–Kier alpha value is -6.10. The zero-order chi connectivity index (χ0) is 33.2. The van der Waals surface area contributed by atoms with E-state index in [1.807, 2.05) is 30.5 Å². The molecule has 0 aliphatic heterocycles. The van der Waals surface area contributed by atoms with Crippen LogP contribution in [0.5, 0.6) is 0 Å². The Morgan fingerprint density at radius 1 is 0.600 bits per heavy atom. The summed E-state index contributed by atoms with van der Waals surface area (Å²) < 4.78 is 4.68. The zero-order valence-electron chi connectivity index (χ0n) is 27.1. The zero-order valence-corrected chi connectivity index (χ0v) is 27.9. The maximum atomic E-state index is 6.55. The van der Waals surface area contributed by atoms with Gasteiger partial charge in [0.2, 0.25) is 0 Å². The van der Waals surface area contributed by atoms with Crippen molar-refractivity contribution in [2.24, 2.45) is 0 Å². The van der Waals surface area contributed by atoms with Crippen LogP contribution in [-0.2, 0) is 6.42 Å². The molecule has 0 amide bonds. The van der Waals surface area contributed by atoms with Crippen LogP contribution in [0.3, 0.4) is 0 Å². The Bertz CT molecular complexity index is 2810. The van der Waals surface area contributed by atoms with Crippen molar-refractivity contribution in [3.05, 3.63) is 168 Å². The molecule has 0 saturated carbocycles. The van der Waals surface area contributed by atoms with E-state index in [0.717, 1.165) is 40.9 Å². The van der Waals surface area contributed by atoms with Gasteiger partial charge < -0.3 is 9.88 Å². The third-order valence-corrected chi connectivity index (χ3v) is 10.4. The van der Waals surface area contributed by atoms with Crippen LogP contribution in [0.2, 0.25) is 5.02 Å². The number of para-hydroxylation sites is 1. The second-order valence-corrected chi connectivity index (χ2v) is 13.4. The predicted octanol–water partition coefficient (Wildman–Crippen LogP) is 12.3. The molecular formula is C45H31ClN4. The van der Waals surface area contributed by atoms with Crippen molar-refractivity contribution in [1.82, 2.24) is 14.0 Å². The van der Waals surface area contributed by atoms with E-state index in [0.29, 0.717) is 5.02 Å². The van der Waals surface area contributed by atoms with Crippen molar-refractivity contribution in [1.29, 1.82) is 0 Å². The van der Waals surface area contributed by atoms with Crippen molar-refractivity contribution >= 4 is 67.4 Å². The smallest absolute Gasteiger partial charge is 0.146 e. The molecule has 0 spiro atoms. The topological polar surface area (TPSA) is 34.3 Å². The summed E-state index contributed by atoms with van der Waals surface area (Å²) in [6.07, 6.45) is 8.58. The van der Waals surface area contributed by atoms with Crippen LogP contribution in [0.15, 0.2) is 152 Å². The minimum Gasteiger partial charge on any atom is -0.339 e. The van der Waals surface area contributed by atoms with Crippen molar-refractivity contribution in [3.63, 3.8) is 0 Å². The van der Waals surface area contributed by atoms with Gasteiger partial charge in [0.05, 0.1) is 27.9 Å². The number of pyridine rings is 1. The number of halogens is 1. The largest absolute Gasteiger partial charge is 0.339 e. The number of hydrogen-bond acceptors (Lipinski definition) is 2. The van der Waals surface area contributed by atoms with Gasteiger partial charge in [-0.25, -0.2) is 4.98 Å². The summed E-state index contributed by atoms with van der Waals surface area (Å²) in [5.41, 5.74) is 12.8. The van der Waals surface area contributed by atoms with E-state index >= 15 is 0 Å². The van der Waals surface area contributed by atoms with Crippen LogP contribution in [0, 0.1) is 0 Å². The summed E-state index contributed by atoms with van der Waals surface area (Å²) in [5, 5.41) is 8.93. The molecule has 238 valence electrons. The molecule has 6 aromatic carbocycles. The molecule has 0 radical (unpaired) electrons. The number of fused-ring (bicyclic) bond motifs is 9. The van der Waals surface area contributed by atoms with Crippen LogP contribution in [0.4, 0.5) is 11.5 Å². The summed E-state index contributed by atoms with van der Waals surface area (Å²) in [4.78, 5) is 4.88. The molecule has 1 N–H and O–H groups in total. The lowest BCUT2D eigenvalue weighted by Gasteiger charge is -2.15. The van der Waals surface area contributed by atoms with E-state index in [4.69, 9.17) is 16.6 Å². The van der Waals surface area contributed by atoms with Crippen molar-refractivity contribution in [2.75, 3.05) is 5.32 Å². The van der Waals surface area contributed by atoms with E-state index in [9.17, 15) is 0 Å². The number of aromatic nitrogens is 3. The van der Waals surface area contributed by atoms with Gasteiger partial charge in [-0.1, -0.05) is 115 Å². The summed E-state index contributed by atoms with van der Waals surface area (Å²) in [5.74, 6) is 0.870. The number of imidazole rings is 1. The van der Waals surface area contributed by atoms with Gasteiger partial charge in [0.1, 0.15) is 11.5 Å². The van der Waals surface area contributed by atoms with Crippen molar-refractivity contribution < 1.29 is 0 Å². The molecule has 9 aromatic rings. The first kappa shape index (κ1) is 28.9. The van der Waals surface area contributed by atoms with Gasteiger partial charge in [0.15, 0.2) is 0 Å². The molecule has 3 aromatic heterocycles. The van der Waals surface area contributed by atoms with E-state index < -0.39 is 0 Å². The third kappa shape index (κ3) is 4.57. The molecule has 1 aliphatic carbocycles. The second kappa shape index (κ2) is 11.5. The molecule has 1 aliphatic rings. The summed E-state index contributed by atoms with van der Waals surface area (Å²) in [7, 11) is 0. The van der Waals surface area contributed by atoms with Crippen molar-refractivity contribution in [3.8, 4) is 27.9 Å². The average molecular weight is 663 g/mol. The normalized spacial score (nSPS) is 12.7. The van der Waals surface area contributed by atoms with E-state index in [2.05, 4.69) is 142 Å². The molecule has 0 unspecified atom stereocenters. The van der Waals surface area contributed by atoms with Gasteiger partial charge in [0.25, 0.3) is 0 Å². The molecular weight excluding hydrogens is 632 g/mol. The Morgan fingerprint density at radius 3 is 2.18 bits per heavy atom. The molecule has 3 heterocycles. The molecule has 4 nitrogen and oxygen atoms in total. The van der Waals surface area contributed by atoms with E-state index in [-0.39, 0.29) is 0 Å².